The van der Waals surface area contributed by atoms with Crippen molar-refractivity contribution in [1.82, 2.24) is 9.55 Å². The van der Waals surface area contributed by atoms with Crippen molar-refractivity contribution in [3.05, 3.63) is 57.0 Å². The average Bonchev–Trinajstić information content (AvgIpc) is 2.65. The first kappa shape index (κ1) is 12.7. The zero-order valence-electron chi connectivity index (χ0n) is 9.45. The second kappa shape index (κ2) is 4.63. The standard InChI is InChI=1S/C13H7Cl2FN2S/c14-7-1-3-10-12(5-7)18(13(19)17-10)11-4-2-8(16)6-9(11)15/h1-6H,(H,17,19). The molecule has 1 aromatic heterocycles. The fraction of sp³-hybridized carbons (Fsp3) is 0. The number of hydrogen-bond acceptors (Lipinski definition) is 1. The van der Waals surface area contributed by atoms with Gasteiger partial charge in [0.2, 0.25) is 0 Å². The monoisotopic (exact) mass is 312 g/mol. The van der Waals surface area contributed by atoms with Crippen LogP contribution in [0.4, 0.5) is 4.39 Å². The van der Waals surface area contributed by atoms with E-state index < -0.39 is 5.82 Å². The van der Waals surface area contributed by atoms with Crippen LogP contribution in [0.5, 0.6) is 0 Å². The third-order valence-electron chi connectivity index (χ3n) is 2.80. The van der Waals surface area contributed by atoms with Crippen molar-refractivity contribution in [1.29, 1.82) is 0 Å². The molecular formula is C13H7Cl2FN2S. The minimum absolute atomic E-state index is 0.289. The van der Waals surface area contributed by atoms with Crippen LogP contribution in [-0.4, -0.2) is 9.55 Å². The van der Waals surface area contributed by atoms with Gasteiger partial charge in [-0.25, -0.2) is 4.39 Å². The lowest BCUT2D eigenvalue weighted by Crippen LogP contribution is -1.95. The van der Waals surface area contributed by atoms with Crippen molar-refractivity contribution in [2.24, 2.45) is 0 Å². The molecule has 96 valence electrons. The summed E-state index contributed by atoms with van der Waals surface area (Å²) >= 11 is 17.4. The van der Waals surface area contributed by atoms with E-state index in [-0.39, 0.29) is 5.02 Å². The summed E-state index contributed by atoms with van der Waals surface area (Å²) in [5, 5.41) is 0.880. The van der Waals surface area contributed by atoms with E-state index in [1.54, 1.807) is 22.8 Å². The molecule has 3 rings (SSSR count). The minimum atomic E-state index is -0.391. The van der Waals surface area contributed by atoms with E-state index in [4.69, 9.17) is 35.4 Å². The van der Waals surface area contributed by atoms with Crippen molar-refractivity contribution < 1.29 is 4.39 Å². The van der Waals surface area contributed by atoms with Crippen LogP contribution in [0.2, 0.25) is 10.0 Å². The average molecular weight is 313 g/mol. The molecule has 1 heterocycles. The first-order valence-electron chi connectivity index (χ1n) is 5.42. The van der Waals surface area contributed by atoms with Gasteiger partial charge in [0.1, 0.15) is 5.82 Å². The summed E-state index contributed by atoms with van der Waals surface area (Å²) in [5.41, 5.74) is 2.25. The highest BCUT2D eigenvalue weighted by molar-refractivity contribution is 7.71. The highest BCUT2D eigenvalue weighted by Crippen LogP contribution is 2.27. The van der Waals surface area contributed by atoms with Crippen molar-refractivity contribution in [3.63, 3.8) is 0 Å². The van der Waals surface area contributed by atoms with Crippen LogP contribution in [0, 0.1) is 10.6 Å². The Morgan fingerprint density at radius 2 is 1.89 bits per heavy atom. The molecule has 6 heteroatoms. The van der Waals surface area contributed by atoms with E-state index in [1.165, 1.54) is 12.1 Å². The van der Waals surface area contributed by atoms with Crippen molar-refractivity contribution in [3.8, 4) is 5.69 Å². The van der Waals surface area contributed by atoms with Gasteiger partial charge < -0.3 is 4.98 Å². The maximum absolute atomic E-state index is 13.1. The predicted octanol–water partition coefficient (Wildman–Crippen LogP) is 5.13. The summed E-state index contributed by atoms with van der Waals surface area (Å²) in [4.78, 5) is 3.06. The second-order valence-electron chi connectivity index (χ2n) is 4.02. The Bertz CT molecular complexity index is 838. The number of halogens is 3. The van der Waals surface area contributed by atoms with Gasteiger partial charge in [0.15, 0.2) is 4.77 Å². The number of nitrogens with one attached hydrogen (secondary N) is 1. The summed E-state index contributed by atoms with van der Waals surface area (Å²) in [5.74, 6) is -0.391. The lowest BCUT2D eigenvalue weighted by Gasteiger charge is -2.07. The van der Waals surface area contributed by atoms with Crippen LogP contribution in [0.1, 0.15) is 0 Å². The first-order valence-corrected chi connectivity index (χ1v) is 6.58. The Hall–Kier alpha value is -1.36. The number of H-pyrrole nitrogens is 1. The molecule has 0 bridgehead atoms. The van der Waals surface area contributed by atoms with Gasteiger partial charge in [0.05, 0.1) is 21.7 Å². The smallest absolute Gasteiger partial charge is 0.182 e. The summed E-state index contributed by atoms with van der Waals surface area (Å²) < 4.78 is 15.3. The molecule has 0 saturated carbocycles. The molecule has 0 atom stereocenters. The number of aromatic amines is 1. The highest BCUT2D eigenvalue weighted by atomic mass is 35.5. The van der Waals surface area contributed by atoms with E-state index in [2.05, 4.69) is 4.98 Å². The largest absolute Gasteiger partial charge is 0.330 e. The number of fused-ring (bicyclic) bond motifs is 1. The number of aromatic nitrogens is 2. The molecule has 0 aliphatic heterocycles. The zero-order chi connectivity index (χ0) is 13.6. The predicted molar refractivity (Wildman–Crippen MR) is 78.4 cm³/mol. The molecule has 0 aliphatic rings. The van der Waals surface area contributed by atoms with E-state index in [0.29, 0.717) is 15.5 Å². The Balaban J connectivity index is 2.38. The molecular weight excluding hydrogens is 306 g/mol. The van der Waals surface area contributed by atoms with Gasteiger partial charge in [0, 0.05) is 5.02 Å². The molecule has 0 radical (unpaired) electrons. The molecule has 1 N–H and O–H groups in total. The van der Waals surface area contributed by atoms with E-state index >= 15 is 0 Å². The Morgan fingerprint density at radius 1 is 1.11 bits per heavy atom. The molecule has 2 aromatic carbocycles. The van der Waals surface area contributed by atoms with Crippen LogP contribution >= 0.6 is 35.4 Å². The van der Waals surface area contributed by atoms with Gasteiger partial charge in [-0.05, 0) is 48.6 Å². The fourth-order valence-corrected chi connectivity index (χ4v) is 2.70. The van der Waals surface area contributed by atoms with Crippen LogP contribution in [0.15, 0.2) is 36.4 Å². The molecule has 0 amide bonds. The molecule has 2 nitrogen and oxygen atoms in total. The van der Waals surface area contributed by atoms with Crippen LogP contribution in [-0.2, 0) is 0 Å². The van der Waals surface area contributed by atoms with Gasteiger partial charge in [0.25, 0.3) is 0 Å². The quantitative estimate of drug-likeness (QED) is 0.617. The third kappa shape index (κ3) is 2.16. The lowest BCUT2D eigenvalue weighted by atomic mass is 10.2. The minimum Gasteiger partial charge on any atom is -0.330 e. The molecule has 0 spiro atoms. The summed E-state index contributed by atoms with van der Waals surface area (Å²) in [7, 11) is 0. The van der Waals surface area contributed by atoms with E-state index in [9.17, 15) is 4.39 Å². The van der Waals surface area contributed by atoms with Crippen molar-refractivity contribution in [2.45, 2.75) is 0 Å². The number of hydrogen-bond donors (Lipinski definition) is 1. The fourth-order valence-electron chi connectivity index (χ4n) is 1.98. The lowest BCUT2D eigenvalue weighted by molar-refractivity contribution is 0.627. The number of benzene rings is 2. The maximum Gasteiger partial charge on any atom is 0.182 e. The zero-order valence-corrected chi connectivity index (χ0v) is 11.8. The van der Waals surface area contributed by atoms with Gasteiger partial charge >= 0.3 is 0 Å². The van der Waals surface area contributed by atoms with E-state index in [1.807, 2.05) is 6.07 Å². The third-order valence-corrected chi connectivity index (χ3v) is 3.62. The molecule has 0 saturated heterocycles. The first-order chi connectivity index (χ1) is 9.06. The normalized spacial score (nSPS) is 11.1. The van der Waals surface area contributed by atoms with Gasteiger partial charge in [-0.2, -0.15) is 0 Å². The molecule has 0 fully saturated rings. The number of nitrogens with zero attached hydrogens (tertiary/aromatic N) is 1. The van der Waals surface area contributed by atoms with Crippen LogP contribution < -0.4 is 0 Å². The van der Waals surface area contributed by atoms with E-state index in [0.717, 1.165) is 11.0 Å². The molecule has 3 aromatic rings. The molecule has 19 heavy (non-hydrogen) atoms. The summed E-state index contributed by atoms with van der Waals surface area (Å²) in [6.07, 6.45) is 0. The maximum atomic E-state index is 13.1. The summed E-state index contributed by atoms with van der Waals surface area (Å²) in [6, 6.07) is 9.56. The second-order valence-corrected chi connectivity index (χ2v) is 5.25. The van der Waals surface area contributed by atoms with Crippen molar-refractivity contribution in [2.75, 3.05) is 0 Å². The van der Waals surface area contributed by atoms with Crippen molar-refractivity contribution >= 4 is 46.5 Å². The highest BCUT2D eigenvalue weighted by Gasteiger charge is 2.10. The molecule has 0 unspecified atom stereocenters. The Labute approximate surface area is 123 Å². The van der Waals surface area contributed by atoms with Crippen LogP contribution in [0.3, 0.4) is 0 Å². The van der Waals surface area contributed by atoms with Gasteiger partial charge in [-0.1, -0.05) is 23.2 Å². The SMILES string of the molecule is Fc1ccc(-n2c(=S)[nH]c3ccc(Cl)cc32)c(Cl)c1. The Morgan fingerprint density at radius 3 is 2.63 bits per heavy atom. The van der Waals surface area contributed by atoms with Gasteiger partial charge in [-0.3, -0.25) is 4.57 Å². The number of imidazole rings is 1. The van der Waals surface area contributed by atoms with Crippen LogP contribution in [0.25, 0.3) is 16.7 Å². The molecule has 0 aliphatic carbocycles. The summed E-state index contributed by atoms with van der Waals surface area (Å²) in [6.45, 7) is 0. The number of rotatable bonds is 1. The topological polar surface area (TPSA) is 20.7 Å². The van der Waals surface area contributed by atoms with Gasteiger partial charge in [-0.15, -0.1) is 0 Å². The Kier molecular flexibility index (Phi) is 3.09.